The summed E-state index contributed by atoms with van der Waals surface area (Å²) in [4.78, 5) is 13.0. The first-order valence-electron chi connectivity index (χ1n) is 10.6. The van der Waals surface area contributed by atoms with E-state index in [0.717, 1.165) is 17.5 Å². The molecule has 9 nitrogen and oxygen atoms in total. The van der Waals surface area contributed by atoms with Gasteiger partial charge in [-0.15, -0.1) is 5.27 Å². The molecule has 2 heterocycles. The molecule has 216 valence electrons. The van der Waals surface area contributed by atoms with Gasteiger partial charge in [-0.1, -0.05) is 0 Å². The van der Waals surface area contributed by atoms with Gasteiger partial charge >= 0.3 is 67.8 Å². The second-order valence-corrected chi connectivity index (χ2v) is 12.4. The molecule has 0 radical (unpaired) electrons. The van der Waals surface area contributed by atoms with Crippen molar-refractivity contribution in [2.75, 3.05) is 0 Å². The number of hydrogen-bond acceptors (Lipinski definition) is 3. The molecule has 2 aliphatic heterocycles. The fourth-order valence-corrected chi connectivity index (χ4v) is 7.22. The molecule has 0 aliphatic carbocycles. The van der Waals surface area contributed by atoms with Crippen LogP contribution < -0.4 is 0 Å². The number of rotatable bonds is 4. The maximum atomic E-state index is 13.0. The van der Waals surface area contributed by atoms with Crippen LogP contribution in [0.2, 0.25) is 0 Å². The maximum Gasteiger partial charge on any atom is 0 e. The topological polar surface area (TPSA) is 143 Å². The first-order valence-corrected chi connectivity index (χ1v) is 12.3. The molecular weight excluding hydrogens is 614 g/mol. The number of carbonyl (C=O) groups is 1. The van der Waals surface area contributed by atoms with E-state index in [-0.39, 0.29) is 56.3 Å². The summed E-state index contributed by atoms with van der Waals surface area (Å²) in [6.45, 7) is 45.3. The van der Waals surface area contributed by atoms with Crippen LogP contribution in [0.4, 0.5) is 4.79 Å². The molecule has 0 atom stereocenters. The van der Waals surface area contributed by atoms with Crippen molar-refractivity contribution in [1.82, 2.24) is 9.34 Å². The minimum atomic E-state index is 0. The first kappa shape index (κ1) is 54.1. The fourth-order valence-electron chi connectivity index (χ4n) is 4.70. The first-order chi connectivity index (χ1) is 16.8. The normalized spacial score (nSPS) is 19.5. The molecule has 0 spiro atoms. The summed E-state index contributed by atoms with van der Waals surface area (Å²) < 4.78 is 49.9. The summed E-state index contributed by atoms with van der Waals surface area (Å²) in [7, 11) is 1.74. The molecular formula is C25H36Fe2N2O7P2-2. The minimum absolute atomic E-state index is 0. The molecule has 0 N–H and O–H groups in total. The van der Waals surface area contributed by atoms with Gasteiger partial charge in [0.1, 0.15) is 0 Å². The summed E-state index contributed by atoms with van der Waals surface area (Å²) in [6.07, 6.45) is 7.21. The average Bonchev–Trinajstić information content (AvgIpc) is 2.86. The number of carbonyl (C=O) groups excluding carboxylic acids is 1. The van der Waals surface area contributed by atoms with E-state index in [2.05, 4.69) is 105 Å². The molecule has 2 rings (SSSR count). The van der Waals surface area contributed by atoms with Gasteiger partial charge in [-0.2, -0.15) is 0 Å². The molecule has 0 amide bonds. The predicted octanol–water partition coefficient (Wildman–Crippen LogP) is 6.68. The molecule has 0 aromatic carbocycles. The monoisotopic (exact) mass is 650 g/mol. The third kappa shape index (κ3) is 19.1. The summed E-state index contributed by atoms with van der Waals surface area (Å²) in [5.41, 5.74) is 0.395. The second-order valence-electron chi connectivity index (χ2n) is 10.1. The number of nitrogens with zero attached hydrogens (tertiary/aromatic N) is 2. The van der Waals surface area contributed by atoms with E-state index in [4.69, 9.17) is 27.9 Å². The molecule has 0 saturated carbocycles. The van der Waals surface area contributed by atoms with E-state index in [1.165, 1.54) is 38.5 Å². The SMILES string of the molecule is CC1(C)CCCC(C)(C)N1[P-]C(=O)[P-]N1C(C)(C)CCCC1(C)C.[C-]#[O+].[C-]#[O+].[C-]#[O+].[C-]#[O+].[C-]#[O+].[C-]#[O+].[Fe].[Fe]. The molecule has 2 fully saturated rings. The van der Waals surface area contributed by atoms with Crippen LogP contribution in [0.1, 0.15) is 93.9 Å². The smallest absolute Gasteiger partial charge is 0 e. The molecule has 0 bridgehead atoms. The molecule has 38 heavy (non-hydrogen) atoms. The Hall–Kier alpha value is -0.0710. The van der Waals surface area contributed by atoms with Crippen molar-refractivity contribution in [2.45, 2.75) is 116 Å². The van der Waals surface area contributed by atoms with Crippen LogP contribution >= 0.6 is 17.5 Å². The average molecular weight is 650 g/mol. The van der Waals surface area contributed by atoms with Gasteiger partial charge in [-0.25, -0.2) is 0 Å². The Morgan fingerprint density at radius 3 is 0.816 bits per heavy atom. The van der Waals surface area contributed by atoms with Crippen molar-refractivity contribution < 1.29 is 66.8 Å². The Morgan fingerprint density at radius 1 is 0.500 bits per heavy atom. The standard InChI is InChI=1S/C19H36N2OP2.6CO.2Fe/c1-16(2)11-9-12-17(3,4)20(16)23-15(22)24-21-18(5,6)13-10-14-19(21,7)8;6*1-2;;/h9-14H2,1-8H3;;;;;;;;/q-2;;;;;;;;. The van der Waals surface area contributed by atoms with E-state index in [1.54, 1.807) is 0 Å². The Morgan fingerprint density at radius 2 is 0.658 bits per heavy atom. The molecule has 0 unspecified atom stereocenters. The van der Waals surface area contributed by atoms with Crippen molar-refractivity contribution in [3.63, 3.8) is 0 Å². The zero-order valence-electron chi connectivity index (χ0n) is 23.1. The van der Waals surface area contributed by atoms with Gasteiger partial charge in [0.25, 0.3) is 0 Å². The van der Waals surface area contributed by atoms with Gasteiger partial charge in [-0.3, -0.25) is 0 Å². The van der Waals surface area contributed by atoms with Gasteiger partial charge in [0.2, 0.25) is 0 Å². The van der Waals surface area contributed by atoms with Gasteiger partial charge < -0.3 is 31.6 Å². The minimum Gasteiger partial charge on any atom is 0 e. The maximum absolute atomic E-state index is 13.0. The Kier molecular flexibility index (Phi) is 40.5. The Bertz CT molecular complexity index is 627. The number of hydrogen-bond donors (Lipinski definition) is 0. The van der Waals surface area contributed by atoms with Gasteiger partial charge in [0, 0.05) is 34.1 Å². The quantitative estimate of drug-likeness (QED) is 0.145. The van der Waals surface area contributed by atoms with Gasteiger partial charge in [0.05, 0.1) is 0 Å². The van der Waals surface area contributed by atoms with E-state index < -0.39 is 0 Å². The zero-order valence-corrected chi connectivity index (χ0v) is 27.1. The third-order valence-electron chi connectivity index (χ3n) is 5.82. The van der Waals surface area contributed by atoms with Crippen molar-refractivity contribution in [3.8, 4) is 0 Å². The van der Waals surface area contributed by atoms with Crippen LogP contribution in [0.3, 0.4) is 0 Å². The molecule has 13 heteroatoms. The summed E-state index contributed by atoms with van der Waals surface area (Å²) >= 11 is 0. The molecule has 2 saturated heterocycles. The van der Waals surface area contributed by atoms with Crippen LogP contribution in [-0.4, -0.2) is 36.8 Å². The van der Waals surface area contributed by atoms with E-state index in [0.29, 0.717) is 5.27 Å². The van der Waals surface area contributed by atoms with Gasteiger partial charge in [-0.05, 0) is 116 Å². The summed E-state index contributed by atoms with van der Waals surface area (Å²) in [5, 5.41) is 0.320. The molecule has 2 aliphatic rings. The molecule has 0 aromatic rings. The Balaban J connectivity index is -0.000000121. The van der Waals surface area contributed by atoms with Crippen LogP contribution in [0.25, 0.3) is 0 Å². The Labute approximate surface area is 254 Å². The van der Waals surface area contributed by atoms with E-state index in [1.807, 2.05) is 0 Å². The second kappa shape index (κ2) is 28.5. The van der Waals surface area contributed by atoms with Crippen LogP contribution in [0.5, 0.6) is 0 Å². The van der Waals surface area contributed by atoms with Gasteiger partial charge in [0.15, 0.2) is 0 Å². The predicted molar refractivity (Wildman–Crippen MR) is 131 cm³/mol. The van der Waals surface area contributed by atoms with Crippen LogP contribution in [0.15, 0.2) is 0 Å². The van der Waals surface area contributed by atoms with Crippen molar-refractivity contribution in [3.05, 3.63) is 39.9 Å². The van der Waals surface area contributed by atoms with Crippen molar-refractivity contribution in [1.29, 1.82) is 0 Å². The largest absolute Gasteiger partial charge is 0 e. The van der Waals surface area contributed by atoms with E-state index in [9.17, 15) is 4.79 Å². The van der Waals surface area contributed by atoms with E-state index >= 15 is 0 Å². The van der Waals surface area contributed by atoms with Crippen LogP contribution in [-0.2, 0) is 62.1 Å². The third-order valence-corrected chi connectivity index (χ3v) is 9.26. The van der Waals surface area contributed by atoms with Crippen molar-refractivity contribution in [2.24, 2.45) is 0 Å². The van der Waals surface area contributed by atoms with Crippen LogP contribution in [0, 0.1) is 39.9 Å². The van der Waals surface area contributed by atoms with Crippen molar-refractivity contribution >= 4 is 22.7 Å². The summed E-state index contributed by atoms with van der Waals surface area (Å²) in [6, 6.07) is 0. The zero-order chi connectivity index (χ0) is 30.4. The fraction of sp³-hybridized carbons (Fsp3) is 0.720. The number of piperidine rings is 2. The molecule has 0 aromatic heterocycles. The summed E-state index contributed by atoms with van der Waals surface area (Å²) in [5.74, 6) is 0.